The van der Waals surface area contributed by atoms with Crippen LogP contribution in [0.3, 0.4) is 0 Å². The van der Waals surface area contributed by atoms with Crippen LogP contribution in [0.2, 0.25) is 0 Å². The fourth-order valence-electron chi connectivity index (χ4n) is 0.794. The number of rotatable bonds is 2. The predicted molar refractivity (Wildman–Crippen MR) is 57.8 cm³/mol. The first kappa shape index (κ1) is 10.2. The zero-order valence-electron chi connectivity index (χ0n) is 8.20. The Morgan fingerprint density at radius 1 is 1.46 bits per heavy atom. The van der Waals surface area contributed by atoms with Crippen LogP contribution in [0.5, 0.6) is 0 Å². The van der Waals surface area contributed by atoms with Crippen molar-refractivity contribution in [2.24, 2.45) is 5.41 Å². The van der Waals surface area contributed by atoms with Crippen molar-refractivity contribution in [1.29, 1.82) is 0 Å². The van der Waals surface area contributed by atoms with Crippen molar-refractivity contribution in [2.45, 2.75) is 20.8 Å². The Labute approximate surface area is 83.1 Å². The van der Waals surface area contributed by atoms with Crippen LogP contribution >= 0.6 is 11.3 Å². The van der Waals surface area contributed by atoms with Crippen LogP contribution in [0.4, 0.5) is 0 Å². The Balaban J connectivity index is 2.65. The molecular formula is C11H14OS. The van der Waals surface area contributed by atoms with E-state index in [9.17, 15) is 4.79 Å². The van der Waals surface area contributed by atoms with E-state index in [1.807, 2.05) is 44.4 Å². The summed E-state index contributed by atoms with van der Waals surface area (Å²) in [4.78, 5) is 12.6. The zero-order valence-corrected chi connectivity index (χ0v) is 9.02. The Kier molecular flexibility index (Phi) is 3.04. The summed E-state index contributed by atoms with van der Waals surface area (Å²) in [6.45, 7) is 5.77. The first-order valence-electron chi connectivity index (χ1n) is 4.26. The van der Waals surface area contributed by atoms with Crippen molar-refractivity contribution in [3.63, 3.8) is 0 Å². The van der Waals surface area contributed by atoms with Crippen molar-refractivity contribution in [2.75, 3.05) is 0 Å². The SMILES string of the molecule is CC(C)(C)C(=O)C=Cc1cccs1. The van der Waals surface area contributed by atoms with Crippen molar-refractivity contribution in [3.05, 3.63) is 28.5 Å². The standard InChI is InChI=1S/C11H14OS/c1-11(2,3)10(12)7-6-9-5-4-8-13-9/h4-8H,1-3H3. The number of hydrogen-bond acceptors (Lipinski definition) is 2. The first-order valence-corrected chi connectivity index (χ1v) is 5.14. The van der Waals surface area contributed by atoms with E-state index in [2.05, 4.69) is 0 Å². The Morgan fingerprint density at radius 3 is 2.62 bits per heavy atom. The van der Waals surface area contributed by atoms with Gasteiger partial charge in [0.1, 0.15) is 0 Å². The molecule has 0 atom stereocenters. The first-order chi connectivity index (χ1) is 6.00. The second-order valence-corrected chi connectivity index (χ2v) is 4.94. The highest BCUT2D eigenvalue weighted by Gasteiger charge is 2.17. The highest BCUT2D eigenvalue weighted by atomic mass is 32.1. The minimum Gasteiger partial charge on any atom is -0.294 e. The molecule has 2 heteroatoms. The normalized spacial score (nSPS) is 12.2. The molecule has 70 valence electrons. The van der Waals surface area contributed by atoms with E-state index in [-0.39, 0.29) is 11.2 Å². The lowest BCUT2D eigenvalue weighted by atomic mass is 9.91. The van der Waals surface area contributed by atoms with E-state index in [0.717, 1.165) is 4.88 Å². The monoisotopic (exact) mass is 194 g/mol. The maximum Gasteiger partial charge on any atom is 0.161 e. The van der Waals surface area contributed by atoms with Crippen LogP contribution in [0.1, 0.15) is 25.6 Å². The number of carbonyl (C=O) groups excluding carboxylic acids is 1. The van der Waals surface area contributed by atoms with Gasteiger partial charge in [0.05, 0.1) is 0 Å². The fraction of sp³-hybridized carbons (Fsp3) is 0.364. The molecule has 1 nitrogen and oxygen atoms in total. The maximum atomic E-state index is 11.5. The van der Waals surface area contributed by atoms with E-state index < -0.39 is 0 Å². The molecule has 0 spiro atoms. The molecule has 1 aromatic heterocycles. The number of hydrogen-bond donors (Lipinski definition) is 0. The molecule has 1 rings (SSSR count). The lowest BCUT2D eigenvalue weighted by molar-refractivity contribution is -0.121. The van der Waals surface area contributed by atoms with Crippen LogP contribution in [-0.2, 0) is 4.79 Å². The molecule has 0 fully saturated rings. The Hall–Kier alpha value is -0.890. The van der Waals surface area contributed by atoms with Gasteiger partial charge in [0.2, 0.25) is 0 Å². The van der Waals surface area contributed by atoms with Gasteiger partial charge in [0.25, 0.3) is 0 Å². The van der Waals surface area contributed by atoms with Crippen LogP contribution < -0.4 is 0 Å². The van der Waals surface area contributed by atoms with E-state index in [4.69, 9.17) is 0 Å². The van der Waals surface area contributed by atoms with Crippen LogP contribution in [0.25, 0.3) is 6.08 Å². The largest absolute Gasteiger partial charge is 0.294 e. The van der Waals surface area contributed by atoms with Gasteiger partial charge in [0, 0.05) is 10.3 Å². The van der Waals surface area contributed by atoms with Crippen LogP contribution in [0.15, 0.2) is 23.6 Å². The van der Waals surface area contributed by atoms with Crippen molar-refractivity contribution >= 4 is 23.2 Å². The lowest BCUT2D eigenvalue weighted by Gasteiger charge is -2.12. The van der Waals surface area contributed by atoms with Gasteiger partial charge < -0.3 is 0 Å². The summed E-state index contributed by atoms with van der Waals surface area (Å²) in [5.74, 6) is 0.168. The summed E-state index contributed by atoms with van der Waals surface area (Å²) < 4.78 is 0. The fourth-order valence-corrected chi connectivity index (χ4v) is 1.41. The molecule has 0 unspecified atom stereocenters. The van der Waals surface area contributed by atoms with Crippen LogP contribution in [0, 0.1) is 5.41 Å². The highest BCUT2D eigenvalue weighted by Crippen LogP contribution is 2.17. The molecule has 0 aliphatic heterocycles. The second kappa shape index (κ2) is 3.88. The molecule has 0 radical (unpaired) electrons. The van der Waals surface area contributed by atoms with Gasteiger partial charge in [-0.3, -0.25) is 4.79 Å². The predicted octanol–water partition coefficient (Wildman–Crippen LogP) is 3.38. The molecule has 0 amide bonds. The molecule has 0 saturated carbocycles. The Bertz CT molecular complexity index is 301. The third-order valence-corrected chi connectivity index (χ3v) is 2.52. The summed E-state index contributed by atoms with van der Waals surface area (Å²) in [6, 6.07) is 3.98. The highest BCUT2D eigenvalue weighted by molar-refractivity contribution is 7.10. The van der Waals surface area contributed by atoms with Crippen LogP contribution in [-0.4, -0.2) is 5.78 Å². The summed E-state index contributed by atoms with van der Waals surface area (Å²) in [5, 5.41) is 2.00. The van der Waals surface area contributed by atoms with Gasteiger partial charge in [-0.15, -0.1) is 11.3 Å². The zero-order chi connectivity index (χ0) is 9.90. The van der Waals surface area contributed by atoms with Gasteiger partial charge >= 0.3 is 0 Å². The quantitative estimate of drug-likeness (QED) is 0.660. The van der Waals surface area contributed by atoms with E-state index in [0.29, 0.717) is 0 Å². The van der Waals surface area contributed by atoms with Crippen molar-refractivity contribution in [3.8, 4) is 0 Å². The van der Waals surface area contributed by atoms with Gasteiger partial charge in [0.15, 0.2) is 5.78 Å². The molecule has 0 saturated heterocycles. The molecule has 1 heterocycles. The van der Waals surface area contributed by atoms with E-state index in [1.54, 1.807) is 17.4 Å². The van der Waals surface area contributed by atoms with Gasteiger partial charge in [-0.25, -0.2) is 0 Å². The lowest BCUT2D eigenvalue weighted by Crippen LogP contribution is -2.17. The topological polar surface area (TPSA) is 17.1 Å². The Morgan fingerprint density at radius 2 is 2.15 bits per heavy atom. The molecular weight excluding hydrogens is 180 g/mol. The van der Waals surface area contributed by atoms with Gasteiger partial charge in [-0.2, -0.15) is 0 Å². The molecule has 13 heavy (non-hydrogen) atoms. The van der Waals surface area contributed by atoms with Crippen molar-refractivity contribution < 1.29 is 4.79 Å². The average molecular weight is 194 g/mol. The number of allylic oxidation sites excluding steroid dienone is 1. The summed E-state index contributed by atoms with van der Waals surface area (Å²) >= 11 is 1.64. The number of thiophene rings is 1. The second-order valence-electron chi connectivity index (χ2n) is 3.96. The van der Waals surface area contributed by atoms with E-state index in [1.165, 1.54) is 0 Å². The van der Waals surface area contributed by atoms with Gasteiger partial charge in [-0.05, 0) is 23.6 Å². The summed E-state index contributed by atoms with van der Waals surface area (Å²) in [6.07, 6.45) is 3.53. The molecule has 0 aliphatic carbocycles. The molecule has 0 aromatic carbocycles. The minimum atomic E-state index is -0.270. The molecule has 0 N–H and O–H groups in total. The van der Waals surface area contributed by atoms with Gasteiger partial charge in [-0.1, -0.05) is 26.8 Å². The third-order valence-electron chi connectivity index (χ3n) is 1.68. The summed E-state index contributed by atoms with van der Waals surface area (Å²) in [5.41, 5.74) is -0.270. The number of carbonyl (C=O) groups is 1. The van der Waals surface area contributed by atoms with Crippen molar-refractivity contribution in [1.82, 2.24) is 0 Å². The van der Waals surface area contributed by atoms with E-state index >= 15 is 0 Å². The number of ketones is 1. The molecule has 0 bridgehead atoms. The average Bonchev–Trinajstić information content (AvgIpc) is 2.50. The smallest absolute Gasteiger partial charge is 0.161 e. The minimum absolute atomic E-state index is 0.168. The molecule has 1 aromatic rings. The molecule has 0 aliphatic rings. The third kappa shape index (κ3) is 3.15. The summed E-state index contributed by atoms with van der Waals surface area (Å²) in [7, 11) is 0. The maximum absolute atomic E-state index is 11.5.